The van der Waals surface area contributed by atoms with E-state index in [1.165, 1.54) is 5.56 Å². The van der Waals surface area contributed by atoms with E-state index in [9.17, 15) is 4.79 Å². The summed E-state index contributed by atoms with van der Waals surface area (Å²) >= 11 is 1.57. The number of hydrogen-bond donors (Lipinski definition) is 1. The van der Waals surface area contributed by atoms with Crippen molar-refractivity contribution in [1.82, 2.24) is 14.9 Å². The van der Waals surface area contributed by atoms with Gasteiger partial charge in [-0.3, -0.25) is 9.69 Å². The van der Waals surface area contributed by atoms with Crippen LogP contribution in [0.4, 0.5) is 0 Å². The molecule has 2 aromatic heterocycles. The number of aryl methyl sites for hydroxylation is 2. The maximum atomic E-state index is 12.9. The highest BCUT2D eigenvalue weighted by Gasteiger charge is 2.17. The standard InChI is InChI=1S/C24H25N3O2S/c1-16-9-11-18(12-10-16)21-17(2)30-24-22(21)23(28)25-20(26-24)15-27(3)13-14-29-19-7-5-4-6-8-19/h4-12H,13-15H2,1-3H3,(H,25,26,28). The molecular formula is C24H25N3O2S. The summed E-state index contributed by atoms with van der Waals surface area (Å²) in [7, 11) is 2.00. The third-order valence-corrected chi connectivity index (χ3v) is 6.03. The number of para-hydroxylation sites is 1. The molecule has 4 rings (SSSR count). The number of thiophene rings is 1. The fourth-order valence-corrected chi connectivity index (χ4v) is 4.54. The summed E-state index contributed by atoms with van der Waals surface area (Å²) in [5, 5.41) is 0.681. The molecule has 0 atom stereocenters. The van der Waals surface area contributed by atoms with E-state index in [-0.39, 0.29) is 5.56 Å². The predicted octanol–water partition coefficient (Wildman–Crippen LogP) is 4.78. The number of fused-ring (bicyclic) bond motifs is 1. The number of ether oxygens (including phenoxy) is 1. The number of nitrogens with one attached hydrogen (secondary N) is 1. The van der Waals surface area contributed by atoms with E-state index in [1.807, 2.05) is 44.3 Å². The zero-order valence-corrected chi connectivity index (χ0v) is 18.3. The number of aromatic amines is 1. The maximum absolute atomic E-state index is 12.9. The Morgan fingerprint density at radius 3 is 2.53 bits per heavy atom. The molecule has 0 aliphatic heterocycles. The highest BCUT2D eigenvalue weighted by Crippen LogP contribution is 2.35. The molecule has 0 aliphatic carbocycles. The van der Waals surface area contributed by atoms with Crippen molar-refractivity contribution in [2.45, 2.75) is 20.4 Å². The molecule has 1 N–H and O–H groups in total. The Labute approximate surface area is 180 Å². The second kappa shape index (κ2) is 8.81. The molecule has 2 aromatic carbocycles. The average molecular weight is 420 g/mol. The Morgan fingerprint density at radius 2 is 1.80 bits per heavy atom. The topological polar surface area (TPSA) is 58.2 Å². The van der Waals surface area contributed by atoms with Gasteiger partial charge in [0.05, 0.1) is 11.9 Å². The lowest BCUT2D eigenvalue weighted by Crippen LogP contribution is -2.26. The monoisotopic (exact) mass is 419 g/mol. The first-order chi connectivity index (χ1) is 14.5. The van der Waals surface area contributed by atoms with Crippen LogP contribution in [0.25, 0.3) is 21.3 Å². The number of H-pyrrole nitrogens is 1. The van der Waals surface area contributed by atoms with Crippen LogP contribution in [-0.2, 0) is 6.54 Å². The molecular weight excluding hydrogens is 394 g/mol. The van der Waals surface area contributed by atoms with Crippen LogP contribution in [0.1, 0.15) is 16.3 Å². The van der Waals surface area contributed by atoms with Gasteiger partial charge in [-0.25, -0.2) is 4.98 Å². The van der Waals surface area contributed by atoms with Crippen molar-refractivity contribution in [3.8, 4) is 16.9 Å². The van der Waals surface area contributed by atoms with Gasteiger partial charge in [0.25, 0.3) is 5.56 Å². The van der Waals surface area contributed by atoms with Crippen LogP contribution in [0, 0.1) is 13.8 Å². The van der Waals surface area contributed by atoms with E-state index in [2.05, 4.69) is 41.1 Å². The first-order valence-corrected chi connectivity index (χ1v) is 10.8. The summed E-state index contributed by atoms with van der Waals surface area (Å²) in [6, 6.07) is 18.0. The lowest BCUT2D eigenvalue weighted by Gasteiger charge is -2.16. The van der Waals surface area contributed by atoms with Gasteiger partial charge in [-0.1, -0.05) is 48.0 Å². The largest absolute Gasteiger partial charge is 0.492 e. The molecule has 4 aromatic rings. The Bertz CT molecular complexity index is 1200. The highest BCUT2D eigenvalue weighted by molar-refractivity contribution is 7.19. The average Bonchev–Trinajstić information content (AvgIpc) is 3.05. The predicted molar refractivity (Wildman–Crippen MR) is 123 cm³/mol. The molecule has 0 spiro atoms. The van der Waals surface area contributed by atoms with E-state index in [4.69, 9.17) is 9.72 Å². The second-order valence-corrected chi connectivity index (χ2v) is 8.69. The Balaban J connectivity index is 1.50. The van der Waals surface area contributed by atoms with Crippen LogP contribution in [0.5, 0.6) is 5.75 Å². The van der Waals surface area contributed by atoms with E-state index < -0.39 is 0 Å². The summed E-state index contributed by atoms with van der Waals surface area (Å²) in [4.78, 5) is 24.6. The number of rotatable bonds is 7. The summed E-state index contributed by atoms with van der Waals surface area (Å²) < 4.78 is 5.75. The summed E-state index contributed by atoms with van der Waals surface area (Å²) in [5.41, 5.74) is 3.16. The van der Waals surface area contributed by atoms with E-state index in [0.717, 1.165) is 33.1 Å². The van der Waals surface area contributed by atoms with Crippen molar-refractivity contribution in [1.29, 1.82) is 0 Å². The van der Waals surface area contributed by atoms with Crippen molar-refractivity contribution in [3.63, 3.8) is 0 Å². The minimum Gasteiger partial charge on any atom is -0.492 e. The van der Waals surface area contributed by atoms with Crippen LogP contribution in [-0.4, -0.2) is 35.1 Å². The quantitative estimate of drug-likeness (QED) is 0.468. The number of benzene rings is 2. The van der Waals surface area contributed by atoms with Crippen molar-refractivity contribution >= 4 is 21.6 Å². The van der Waals surface area contributed by atoms with Gasteiger partial charge in [0, 0.05) is 17.0 Å². The molecule has 154 valence electrons. The molecule has 2 heterocycles. The summed E-state index contributed by atoms with van der Waals surface area (Å²) in [6.07, 6.45) is 0. The van der Waals surface area contributed by atoms with Crippen LogP contribution >= 0.6 is 11.3 Å². The zero-order valence-electron chi connectivity index (χ0n) is 17.4. The highest BCUT2D eigenvalue weighted by atomic mass is 32.1. The Hall–Kier alpha value is -2.96. The SMILES string of the molecule is Cc1ccc(-c2c(C)sc3nc(CN(C)CCOc4ccccc4)[nH]c(=O)c23)cc1. The molecule has 0 radical (unpaired) electrons. The Kier molecular flexibility index (Phi) is 5.97. The minimum atomic E-state index is -0.0798. The van der Waals surface area contributed by atoms with Gasteiger partial charge in [0.1, 0.15) is 23.0 Å². The van der Waals surface area contributed by atoms with E-state index in [0.29, 0.717) is 24.4 Å². The minimum absolute atomic E-state index is 0.0798. The molecule has 0 unspecified atom stereocenters. The van der Waals surface area contributed by atoms with Crippen LogP contribution in [0.2, 0.25) is 0 Å². The lowest BCUT2D eigenvalue weighted by atomic mass is 10.0. The molecule has 0 fully saturated rings. The number of nitrogens with zero attached hydrogens (tertiary/aromatic N) is 2. The first kappa shape index (κ1) is 20.3. The molecule has 0 amide bonds. The Morgan fingerprint density at radius 1 is 1.07 bits per heavy atom. The molecule has 6 heteroatoms. The van der Waals surface area contributed by atoms with Gasteiger partial charge in [0.15, 0.2) is 0 Å². The van der Waals surface area contributed by atoms with E-state index >= 15 is 0 Å². The lowest BCUT2D eigenvalue weighted by molar-refractivity contribution is 0.230. The second-order valence-electron chi connectivity index (χ2n) is 7.49. The number of aromatic nitrogens is 2. The summed E-state index contributed by atoms with van der Waals surface area (Å²) in [6.45, 7) is 5.97. The third kappa shape index (κ3) is 4.45. The molecule has 30 heavy (non-hydrogen) atoms. The fourth-order valence-electron chi connectivity index (χ4n) is 3.48. The fraction of sp³-hybridized carbons (Fsp3) is 0.250. The van der Waals surface area contributed by atoms with Crippen molar-refractivity contribution in [3.05, 3.63) is 81.2 Å². The smallest absolute Gasteiger partial charge is 0.260 e. The molecule has 0 bridgehead atoms. The van der Waals surface area contributed by atoms with E-state index in [1.54, 1.807) is 11.3 Å². The maximum Gasteiger partial charge on any atom is 0.260 e. The zero-order chi connectivity index (χ0) is 21.1. The third-order valence-electron chi connectivity index (χ3n) is 5.03. The first-order valence-electron chi connectivity index (χ1n) is 9.97. The molecule has 5 nitrogen and oxygen atoms in total. The number of likely N-dealkylation sites (N-methyl/N-ethyl adjacent to an activating group) is 1. The molecule has 0 saturated heterocycles. The van der Waals surface area contributed by atoms with Gasteiger partial charge < -0.3 is 9.72 Å². The van der Waals surface area contributed by atoms with Crippen molar-refractivity contribution < 1.29 is 4.74 Å². The number of hydrogen-bond acceptors (Lipinski definition) is 5. The van der Waals surface area contributed by atoms with Crippen molar-refractivity contribution in [2.75, 3.05) is 20.2 Å². The summed E-state index contributed by atoms with van der Waals surface area (Å²) in [5.74, 6) is 1.53. The van der Waals surface area contributed by atoms with Gasteiger partial charge in [0.2, 0.25) is 0 Å². The normalized spacial score (nSPS) is 11.3. The van der Waals surface area contributed by atoms with Gasteiger partial charge >= 0.3 is 0 Å². The van der Waals surface area contributed by atoms with Crippen LogP contribution in [0.3, 0.4) is 0 Å². The molecule has 0 saturated carbocycles. The van der Waals surface area contributed by atoms with Gasteiger partial charge in [-0.2, -0.15) is 0 Å². The van der Waals surface area contributed by atoms with Crippen LogP contribution in [0.15, 0.2) is 59.4 Å². The van der Waals surface area contributed by atoms with Crippen LogP contribution < -0.4 is 10.3 Å². The molecule has 0 aliphatic rings. The van der Waals surface area contributed by atoms with Gasteiger partial charge in [-0.05, 0) is 38.6 Å². The van der Waals surface area contributed by atoms with Gasteiger partial charge in [-0.15, -0.1) is 11.3 Å². The van der Waals surface area contributed by atoms with Crippen molar-refractivity contribution in [2.24, 2.45) is 0 Å².